The van der Waals surface area contributed by atoms with Gasteiger partial charge in [-0.3, -0.25) is 10.1 Å². The predicted molar refractivity (Wildman–Crippen MR) is 95.7 cm³/mol. The van der Waals surface area contributed by atoms with Crippen molar-refractivity contribution in [3.63, 3.8) is 0 Å². The topological polar surface area (TPSA) is 118 Å². The highest BCUT2D eigenvalue weighted by Gasteiger charge is 2.25. The standard InChI is InChI=1S/C19H23N3O5/c1-12(17(23)22-19(25)21-15-5-3-4-6-15)27-18(24)13(2)26-16-9-7-14(11-20)8-10-16/h7-10,12-13,15H,3-6H2,1-2H3,(H2,21,22,23,25)/t12-,13-/m1/s1. The SMILES string of the molecule is C[C@@H](OC(=O)[C@@H](C)Oc1ccc(C#N)cc1)C(=O)NC(=O)NC1CCCC1. The molecule has 8 heteroatoms. The van der Waals surface area contributed by atoms with E-state index >= 15 is 0 Å². The molecular weight excluding hydrogens is 350 g/mol. The van der Waals surface area contributed by atoms with E-state index in [1.165, 1.54) is 13.8 Å². The number of imide groups is 1. The number of nitrogens with one attached hydrogen (secondary N) is 2. The van der Waals surface area contributed by atoms with Crippen molar-refractivity contribution in [2.45, 2.75) is 57.8 Å². The molecule has 0 aliphatic heterocycles. The van der Waals surface area contributed by atoms with Gasteiger partial charge in [0.2, 0.25) is 0 Å². The summed E-state index contributed by atoms with van der Waals surface area (Å²) in [4.78, 5) is 35.9. The summed E-state index contributed by atoms with van der Waals surface area (Å²) in [7, 11) is 0. The molecule has 1 aliphatic rings. The molecule has 1 aromatic rings. The number of carbonyl (C=O) groups is 3. The van der Waals surface area contributed by atoms with Crippen molar-refractivity contribution in [2.75, 3.05) is 0 Å². The van der Waals surface area contributed by atoms with Crippen LogP contribution in [0.25, 0.3) is 0 Å². The Labute approximate surface area is 157 Å². The number of urea groups is 1. The van der Waals surface area contributed by atoms with Crippen LogP contribution in [0.4, 0.5) is 4.79 Å². The summed E-state index contributed by atoms with van der Waals surface area (Å²) < 4.78 is 10.5. The van der Waals surface area contributed by atoms with Gasteiger partial charge in [-0.25, -0.2) is 9.59 Å². The van der Waals surface area contributed by atoms with Gasteiger partial charge in [0.1, 0.15) is 5.75 Å². The van der Waals surface area contributed by atoms with E-state index in [2.05, 4.69) is 10.6 Å². The molecule has 0 bridgehead atoms. The Morgan fingerprint density at radius 1 is 1.11 bits per heavy atom. The van der Waals surface area contributed by atoms with E-state index in [9.17, 15) is 14.4 Å². The molecule has 0 heterocycles. The fourth-order valence-electron chi connectivity index (χ4n) is 2.69. The van der Waals surface area contributed by atoms with E-state index < -0.39 is 30.1 Å². The van der Waals surface area contributed by atoms with Crippen molar-refractivity contribution in [3.05, 3.63) is 29.8 Å². The van der Waals surface area contributed by atoms with E-state index in [0.29, 0.717) is 11.3 Å². The Hall–Kier alpha value is -3.08. The second-order valence-corrected chi connectivity index (χ2v) is 6.42. The van der Waals surface area contributed by atoms with Crippen LogP contribution in [0.2, 0.25) is 0 Å². The van der Waals surface area contributed by atoms with Crippen LogP contribution in [-0.2, 0) is 14.3 Å². The van der Waals surface area contributed by atoms with E-state index in [-0.39, 0.29) is 6.04 Å². The Morgan fingerprint density at radius 2 is 1.74 bits per heavy atom. The number of ether oxygens (including phenoxy) is 2. The van der Waals surface area contributed by atoms with Crippen LogP contribution in [0.1, 0.15) is 45.1 Å². The van der Waals surface area contributed by atoms with E-state index in [1.54, 1.807) is 24.3 Å². The zero-order valence-electron chi connectivity index (χ0n) is 15.4. The lowest BCUT2D eigenvalue weighted by Crippen LogP contribution is -2.47. The molecule has 0 unspecified atom stereocenters. The van der Waals surface area contributed by atoms with Crippen LogP contribution in [-0.4, -0.2) is 36.2 Å². The van der Waals surface area contributed by atoms with Crippen molar-refractivity contribution in [2.24, 2.45) is 0 Å². The van der Waals surface area contributed by atoms with E-state index in [0.717, 1.165) is 25.7 Å². The van der Waals surface area contributed by atoms with Crippen LogP contribution in [0.3, 0.4) is 0 Å². The Morgan fingerprint density at radius 3 is 2.33 bits per heavy atom. The number of nitrogens with zero attached hydrogens (tertiary/aromatic N) is 1. The average Bonchev–Trinajstić information content (AvgIpc) is 3.14. The first-order chi connectivity index (χ1) is 12.9. The maximum Gasteiger partial charge on any atom is 0.347 e. The first-order valence-electron chi connectivity index (χ1n) is 8.87. The van der Waals surface area contributed by atoms with Crippen molar-refractivity contribution in [1.82, 2.24) is 10.6 Å². The molecule has 8 nitrogen and oxygen atoms in total. The summed E-state index contributed by atoms with van der Waals surface area (Å²) in [6.45, 7) is 2.86. The lowest BCUT2D eigenvalue weighted by molar-refractivity contribution is -0.160. The third-order valence-electron chi connectivity index (χ3n) is 4.22. The monoisotopic (exact) mass is 373 g/mol. The highest BCUT2D eigenvalue weighted by atomic mass is 16.6. The summed E-state index contributed by atoms with van der Waals surface area (Å²) in [5.41, 5.74) is 0.471. The van der Waals surface area contributed by atoms with Gasteiger partial charge in [0, 0.05) is 6.04 Å². The summed E-state index contributed by atoms with van der Waals surface area (Å²) in [5, 5.41) is 13.7. The number of benzene rings is 1. The molecule has 1 fully saturated rings. The third kappa shape index (κ3) is 6.29. The summed E-state index contributed by atoms with van der Waals surface area (Å²) in [5.74, 6) is -1.05. The second kappa shape index (κ2) is 9.57. The molecule has 0 spiro atoms. The molecule has 3 amide bonds. The fraction of sp³-hybridized carbons (Fsp3) is 0.474. The molecule has 144 valence electrons. The molecule has 2 atom stereocenters. The third-order valence-corrected chi connectivity index (χ3v) is 4.22. The van der Waals surface area contributed by atoms with Gasteiger partial charge in [0.25, 0.3) is 5.91 Å². The minimum Gasteiger partial charge on any atom is -0.479 e. The number of hydrogen-bond donors (Lipinski definition) is 2. The Bertz CT molecular complexity index is 720. The molecule has 2 N–H and O–H groups in total. The van der Waals surface area contributed by atoms with Crippen molar-refractivity contribution < 1.29 is 23.9 Å². The molecule has 1 saturated carbocycles. The fourth-order valence-corrected chi connectivity index (χ4v) is 2.69. The van der Waals surface area contributed by atoms with Crippen LogP contribution >= 0.6 is 0 Å². The van der Waals surface area contributed by atoms with Crippen LogP contribution in [0.15, 0.2) is 24.3 Å². The molecule has 0 aromatic heterocycles. The average molecular weight is 373 g/mol. The Balaban J connectivity index is 1.77. The van der Waals surface area contributed by atoms with Gasteiger partial charge in [-0.15, -0.1) is 0 Å². The largest absolute Gasteiger partial charge is 0.479 e. The van der Waals surface area contributed by atoms with Gasteiger partial charge in [0.05, 0.1) is 11.6 Å². The summed E-state index contributed by atoms with van der Waals surface area (Å²) in [6, 6.07) is 7.72. The molecule has 1 aromatic carbocycles. The normalized spacial score (nSPS) is 15.9. The minimum absolute atomic E-state index is 0.0801. The van der Waals surface area contributed by atoms with Gasteiger partial charge in [0.15, 0.2) is 12.2 Å². The van der Waals surface area contributed by atoms with Crippen molar-refractivity contribution >= 4 is 17.9 Å². The number of amides is 3. The number of hydrogen-bond acceptors (Lipinski definition) is 6. The molecule has 2 rings (SSSR count). The molecular formula is C19H23N3O5. The number of nitriles is 1. The highest BCUT2D eigenvalue weighted by molar-refractivity contribution is 5.97. The van der Waals surface area contributed by atoms with Crippen LogP contribution < -0.4 is 15.4 Å². The smallest absolute Gasteiger partial charge is 0.347 e. The van der Waals surface area contributed by atoms with Crippen molar-refractivity contribution in [3.8, 4) is 11.8 Å². The second-order valence-electron chi connectivity index (χ2n) is 6.42. The Kier molecular flexibility index (Phi) is 7.17. The minimum atomic E-state index is -1.14. The van der Waals surface area contributed by atoms with Crippen LogP contribution in [0, 0.1) is 11.3 Å². The zero-order chi connectivity index (χ0) is 19.8. The molecule has 0 saturated heterocycles. The molecule has 27 heavy (non-hydrogen) atoms. The molecule has 0 radical (unpaired) electrons. The highest BCUT2D eigenvalue weighted by Crippen LogP contribution is 2.17. The van der Waals surface area contributed by atoms with Crippen molar-refractivity contribution in [1.29, 1.82) is 5.26 Å². The van der Waals surface area contributed by atoms with Gasteiger partial charge >= 0.3 is 12.0 Å². The summed E-state index contributed by atoms with van der Waals surface area (Å²) >= 11 is 0. The maximum atomic E-state index is 12.1. The van der Waals surface area contributed by atoms with Gasteiger partial charge in [-0.05, 0) is 51.0 Å². The van der Waals surface area contributed by atoms with E-state index in [1.807, 2.05) is 6.07 Å². The predicted octanol–water partition coefficient (Wildman–Crippen LogP) is 2.03. The quantitative estimate of drug-likeness (QED) is 0.737. The van der Waals surface area contributed by atoms with Gasteiger partial charge < -0.3 is 14.8 Å². The first kappa shape index (κ1) is 20.2. The maximum absolute atomic E-state index is 12.1. The number of carbonyl (C=O) groups excluding carboxylic acids is 3. The van der Waals surface area contributed by atoms with E-state index in [4.69, 9.17) is 14.7 Å². The van der Waals surface area contributed by atoms with Gasteiger partial charge in [-0.2, -0.15) is 5.26 Å². The summed E-state index contributed by atoms with van der Waals surface area (Å²) in [6.07, 6.45) is 1.82. The first-order valence-corrected chi connectivity index (χ1v) is 8.87. The zero-order valence-corrected chi connectivity index (χ0v) is 15.4. The lowest BCUT2D eigenvalue weighted by Gasteiger charge is -2.18. The number of rotatable bonds is 6. The van der Waals surface area contributed by atoms with Gasteiger partial charge in [-0.1, -0.05) is 12.8 Å². The molecule has 1 aliphatic carbocycles. The lowest BCUT2D eigenvalue weighted by atomic mass is 10.2. The van der Waals surface area contributed by atoms with Crippen LogP contribution in [0.5, 0.6) is 5.75 Å². The number of esters is 1.